The highest BCUT2D eigenvalue weighted by Crippen LogP contribution is 2.52. The van der Waals surface area contributed by atoms with Crippen LogP contribution in [-0.2, 0) is 14.3 Å². The Morgan fingerprint density at radius 2 is 1.90 bits per heavy atom. The molecule has 3 amide bonds. The molecule has 0 radical (unpaired) electrons. The maximum atomic E-state index is 12.3. The Labute approximate surface area is 123 Å². The second-order valence-corrected chi connectivity index (χ2v) is 5.93. The summed E-state index contributed by atoms with van der Waals surface area (Å²) in [5.41, 5.74) is 0. The van der Waals surface area contributed by atoms with Crippen molar-refractivity contribution >= 4 is 17.9 Å². The topological polar surface area (TPSA) is 75.7 Å². The Kier molecular flexibility index (Phi) is 3.69. The molecule has 2 fully saturated rings. The highest BCUT2D eigenvalue weighted by molar-refractivity contribution is 6.06. The fourth-order valence-electron chi connectivity index (χ4n) is 3.62. The summed E-state index contributed by atoms with van der Waals surface area (Å²) in [6, 6.07) is 0. The number of likely N-dealkylation sites (tertiary alicyclic amines) is 1. The second-order valence-electron chi connectivity index (χ2n) is 5.93. The summed E-state index contributed by atoms with van der Waals surface area (Å²) >= 11 is 0. The van der Waals surface area contributed by atoms with Crippen molar-refractivity contribution in [2.24, 2.45) is 23.7 Å². The quantitative estimate of drug-likeness (QED) is 0.470. The second kappa shape index (κ2) is 5.50. The number of carbonyl (C=O) groups excluding carboxylic acids is 3. The number of hydrogen-bond donors (Lipinski definition) is 1. The minimum Gasteiger partial charge on any atom is -0.450 e. The van der Waals surface area contributed by atoms with E-state index in [-0.39, 0.29) is 42.2 Å². The van der Waals surface area contributed by atoms with Crippen molar-refractivity contribution in [2.45, 2.75) is 26.2 Å². The van der Waals surface area contributed by atoms with Crippen LogP contribution >= 0.6 is 0 Å². The van der Waals surface area contributed by atoms with Gasteiger partial charge >= 0.3 is 6.09 Å². The van der Waals surface area contributed by atoms with Crippen molar-refractivity contribution < 1.29 is 19.1 Å². The molecule has 0 aromatic heterocycles. The van der Waals surface area contributed by atoms with Crippen molar-refractivity contribution in [3.05, 3.63) is 12.2 Å². The fourth-order valence-corrected chi connectivity index (χ4v) is 3.62. The smallest absolute Gasteiger partial charge is 0.408 e. The van der Waals surface area contributed by atoms with Gasteiger partial charge in [-0.1, -0.05) is 25.5 Å². The van der Waals surface area contributed by atoms with Gasteiger partial charge < -0.3 is 10.1 Å². The largest absolute Gasteiger partial charge is 0.450 e. The van der Waals surface area contributed by atoms with Gasteiger partial charge in [-0.3, -0.25) is 14.5 Å². The van der Waals surface area contributed by atoms with Crippen LogP contribution in [0.1, 0.15) is 26.2 Å². The van der Waals surface area contributed by atoms with Gasteiger partial charge in [-0.2, -0.15) is 0 Å². The first-order valence-corrected chi connectivity index (χ1v) is 7.57. The Balaban J connectivity index is 1.55. The summed E-state index contributed by atoms with van der Waals surface area (Å²) in [6.45, 7) is 2.27. The molecule has 0 spiro atoms. The number of carbonyl (C=O) groups is 3. The SMILES string of the molecule is CCCCOC(=O)NCN1C(=O)[C@@H]2[C@H](C1=O)[C@H]1C=C[C@H]2C1. The van der Waals surface area contributed by atoms with Crippen LogP contribution in [0.25, 0.3) is 0 Å². The normalized spacial score (nSPS) is 32.7. The van der Waals surface area contributed by atoms with E-state index in [1.807, 2.05) is 19.1 Å². The molecule has 0 aromatic carbocycles. The van der Waals surface area contributed by atoms with E-state index in [9.17, 15) is 14.4 Å². The zero-order chi connectivity index (χ0) is 15.0. The molecule has 21 heavy (non-hydrogen) atoms. The van der Waals surface area contributed by atoms with E-state index in [2.05, 4.69) is 5.32 Å². The number of fused-ring (bicyclic) bond motifs is 5. The maximum Gasteiger partial charge on any atom is 0.408 e. The van der Waals surface area contributed by atoms with Crippen LogP contribution in [0.4, 0.5) is 4.79 Å². The third kappa shape index (κ3) is 2.32. The van der Waals surface area contributed by atoms with E-state index < -0.39 is 6.09 Å². The highest BCUT2D eigenvalue weighted by Gasteiger charge is 2.59. The Morgan fingerprint density at radius 1 is 1.29 bits per heavy atom. The Bertz CT molecular complexity index is 472. The summed E-state index contributed by atoms with van der Waals surface area (Å²) in [5.74, 6) is -0.363. The molecule has 0 unspecified atom stereocenters. The van der Waals surface area contributed by atoms with E-state index >= 15 is 0 Å². The predicted molar refractivity (Wildman–Crippen MR) is 73.8 cm³/mol. The Morgan fingerprint density at radius 3 is 2.48 bits per heavy atom. The molecule has 2 bridgehead atoms. The number of nitrogens with one attached hydrogen (secondary N) is 1. The van der Waals surface area contributed by atoms with E-state index in [1.54, 1.807) is 0 Å². The maximum absolute atomic E-state index is 12.3. The van der Waals surface area contributed by atoms with Crippen LogP contribution in [0.3, 0.4) is 0 Å². The first kappa shape index (κ1) is 14.1. The summed E-state index contributed by atoms with van der Waals surface area (Å²) in [4.78, 5) is 37.3. The summed E-state index contributed by atoms with van der Waals surface area (Å²) in [5, 5.41) is 2.49. The number of rotatable bonds is 5. The lowest BCUT2D eigenvalue weighted by atomic mass is 9.85. The molecule has 1 saturated heterocycles. The first-order valence-electron chi connectivity index (χ1n) is 7.57. The van der Waals surface area contributed by atoms with Gasteiger partial charge in [-0.15, -0.1) is 0 Å². The molecule has 6 heteroatoms. The lowest BCUT2D eigenvalue weighted by Gasteiger charge is -2.17. The molecule has 6 nitrogen and oxygen atoms in total. The number of imide groups is 1. The molecule has 1 saturated carbocycles. The van der Waals surface area contributed by atoms with Crippen molar-refractivity contribution in [2.75, 3.05) is 13.3 Å². The third-order valence-corrected chi connectivity index (χ3v) is 4.67. The number of amides is 3. The molecule has 4 atom stereocenters. The van der Waals surface area contributed by atoms with Gasteiger partial charge in [0.15, 0.2) is 0 Å². The summed E-state index contributed by atoms with van der Waals surface area (Å²) in [7, 11) is 0. The summed E-state index contributed by atoms with van der Waals surface area (Å²) in [6.07, 6.45) is 6.17. The van der Waals surface area contributed by atoms with Crippen LogP contribution < -0.4 is 5.32 Å². The molecular formula is C15H20N2O4. The van der Waals surface area contributed by atoms with Crippen molar-refractivity contribution in [1.29, 1.82) is 0 Å². The zero-order valence-electron chi connectivity index (χ0n) is 12.1. The number of allylic oxidation sites excluding steroid dienone is 2. The number of ether oxygens (including phenoxy) is 1. The van der Waals surface area contributed by atoms with Crippen LogP contribution in [0, 0.1) is 23.7 Å². The van der Waals surface area contributed by atoms with Crippen LogP contribution in [0.15, 0.2) is 12.2 Å². The van der Waals surface area contributed by atoms with Crippen LogP contribution in [0.2, 0.25) is 0 Å². The van der Waals surface area contributed by atoms with Gasteiger partial charge in [0.25, 0.3) is 0 Å². The lowest BCUT2D eigenvalue weighted by Crippen LogP contribution is -2.42. The molecule has 1 aliphatic heterocycles. The number of unbranched alkanes of at least 4 members (excludes halogenated alkanes) is 1. The average Bonchev–Trinajstić information content (AvgIpc) is 3.13. The van der Waals surface area contributed by atoms with E-state index in [0.29, 0.717) is 6.61 Å². The van der Waals surface area contributed by atoms with Crippen LogP contribution in [-0.4, -0.2) is 36.1 Å². The third-order valence-electron chi connectivity index (χ3n) is 4.67. The molecular weight excluding hydrogens is 272 g/mol. The molecule has 3 rings (SSSR count). The van der Waals surface area contributed by atoms with E-state index in [4.69, 9.17) is 4.74 Å². The van der Waals surface area contributed by atoms with E-state index in [0.717, 1.165) is 19.3 Å². The minimum atomic E-state index is -0.581. The van der Waals surface area contributed by atoms with E-state index in [1.165, 1.54) is 4.90 Å². The number of hydrogen-bond acceptors (Lipinski definition) is 4. The van der Waals surface area contributed by atoms with Gasteiger partial charge in [0.05, 0.1) is 18.4 Å². The number of nitrogens with zero attached hydrogens (tertiary/aromatic N) is 1. The Hall–Kier alpha value is -1.85. The molecule has 114 valence electrons. The number of alkyl carbamates (subject to hydrolysis) is 1. The van der Waals surface area contributed by atoms with Crippen LogP contribution in [0.5, 0.6) is 0 Å². The van der Waals surface area contributed by atoms with Gasteiger partial charge in [0, 0.05) is 0 Å². The molecule has 1 heterocycles. The van der Waals surface area contributed by atoms with Gasteiger partial charge in [0.1, 0.15) is 6.67 Å². The van der Waals surface area contributed by atoms with Crippen molar-refractivity contribution in [3.63, 3.8) is 0 Å². The average molecular weight is 292 g/mol. The molecule has 3 aliphatic rings. The first-order chi connectivity index (χ1) is 10.1. The minimum absolute atomic E-state index is 0.0882. The molecule has 2 aliphatic carbocycles. The lowest BCUT2D eigenvalue weighted by molar-refractivity contribution is -0.140. The predicted octanol–water partition coefficient (Wildman–Crippen LogP) is 1.28. The zero-order valence-corrected chi connectivity index (χ0v) is 12.1. The van der Waals surface area contributed by atoms with Crippen molar-refractivity contribution in [3.8, 4) is 0 Å². The molecule has 1 N–H and O–H groups in total. The van der Waals surface area contributed by atoms with Gasteiger partial charge in [-0.25, -0.2) is 4.79 Å². The van der Waals surface area contributed by atoms with Gasteiger partial charge in [0.2, 0.25) is 11.8 Å². The monoisotopic (exact) mass is 292 g/mol. The standard InChI is InChI=1S/C15H20N2O4/c1-2-3-6-21-15(20)16-8-17-13(18)11-9-4-5-10(7-9)12(11)14(17)19/h4-5,9-12H,2-3,6-8H2,1H3,(H,16,20)/t9-,10-,11-,12+/m0/s1. The van der Waals surface area contributed by atoms with Gasteiger partial charge in [-0.05, 0) is 24.7 Å². The highest BCUT2D eigenvalue weighted by atomic mass is 16.5. The van der Waals surface area contributed by atoms with Crippen molar-refractivity contribution in [1.82, 2.24) is 10.2 Å². The fraction of sp³-hybridized carbons (Fsp3) is 0.667. The summed E-state index contributed by atoms with van der Waals surface area (Å²) < 4.78 is 4.95. The molecule has 0 aromatic rings.